The molecule has 2 aromatic rings. The topological polar surface area (TPSA) is 35.5 Å². The fourth-order valence-corrected chi connectivity index (χ4v) is 4.03. The van der Waals surface area contributed by atoms with Gasteiger partial charge in [0.05, 0.1) is 9.31 Å². The third-order valence-electron chi connectivity index (χ3n) is 5.03. The number of hydrogen-bond acceptors (Lipinski definition) is 3. The van der Waals surface area contributed by atoms with Crippen molar-refractivity contribution in [3.05, 3.63) is 69.6 Å². The zero-order chi connectivity index (χ0) is 21.0. The van der Waals surface area contributed by atoms with Crippen LogP contribution in [0.1, 0.15) is 25.5 Å². The molecule has 1 aliphatic carbocycles. The van der Waals surface area contributed by atoms with Gasteiger partial charge in [-0.25, -0.2) is 0 Å². The van der Waals surface area contributed by atoms with E-state index in [9.17, 15) is 4.79 Å². The lowest BCUT2D eigenvalue weighted by Crippen LogP contribution is -2.14. The van der Waals surface area contributed by atoms with E-state index in [0.29, 0.717) is 11.3 Å². The van der Waals surface area contributed by atoms with Gasteiger partial charge in [-0.1, -0.05) is 50.3 Å². The lowest BCUT2D eigenvalue weighted by Gasteiger charge is -2.15. The van der Waals surface area contributed by atoms with Gasteiger partial charge in [0.1, 0.15) is 11.5 Å². The Bertz CT molecular complexity index is 972. The normalized spacial score (nSPS) is 19.9. The number of carbonyl (C=O) groups excluding carboxylic acids is 1. The van der Waals surface area contributed by atoms with Crippen LogP contribution in [-0.4, -0.2) is 5.97 Å². The van der Waals surface area contributed by atoms with Crippen molar-refractivity contribution >= 4 is 49.4 Å². The Labute approximate surface area is 192 Å². The first-order valence-corrected chi connectivity index (χ1v) is 11.0. The highest BCUT2D eigenvalue weighted by atomic mass is 79.9. The van der Waals surface area contributed by atoms with Crippen molar-refractivity contribution in [3.8, 4) is 22.8 Å². The molecular weight excluding hydrogens is 520 g/mol. The molecule has 0 spiro atoms. The van der Waals surface area contributed by atoms with Gasteiger partial charge >= 0.3 is 5.97 Å². The summed E-state index contributed by atoms with van der Waals surface area (Å²) < 4.78 is 12.4. The van der Waals surface area contributed by atoms with Crippen LogP contribution in [0, 0.1) is 28.6 Å². The van der Waals surface area contributed by atoms with Gasteiger partial charge in [-0.3, -0.25) is 4.79 Å². The van der Waals surface area contributed by atoms with E-state index in [2.05, 4.69) is 43.2 Å². The standard InChI is InChI=1S/C23H19Br2ClO3/c1-23(2)18(14-20(24)25)21(23)22(27)29-19(11-12-26)15-7-6-10-17(13-15)28-16-8-4-3-5-9-16/h3-10,13-14,18-19,21H,1-2H3/t18-,19+,21-/m0/s1. The number of benzene rings is 2. The molecule has 3 rings (SSSR count). The summed E-state index contributed by atoms with van der Waals surface area (Å²) in [4.78, 5) is 12.8. The maximum Gasteiger partial charge on any atom is 0.311 e. The Morgan fingerprint density at radius 2 is 1.83 bits per heavy atom. The molecule has 150 valence electrons. The highest BCUT2D eigenvalue weighted by molar-refractivity contribution is 9.28. The summed E-state index contributed by atoms with van der Waals surface area (Å²) in [5.41, 5.74) is 0.522. The van der Waals surface area contributed by atoms with Gasteiger partial charge in [0.2, 0.25) is 0 Å². The van der Waals surface area contributed by atoms with Crippen LogP contribution in [0.4, 0.5) is 0 Å². The fraction of sp³-hybridized carbons (Fsp3) is 0.261. The first-order valence-electron chi connectivity index (χ1n) is 9.00. The van der Waals surface area contributed by atoms with Gasteiger partial charge < -0.3 is 9.47 Å². The Hall–Kier alpha value is -1.74. The molecule has 6 heteroatoms. The van der Waals surface area contributed by atoms with Crippen LogP contribution in [-0.2, 0) is 9.53 Å². The first kappa shape index (κ1) is 22.0. The summed E-state index contributed by atoms with van der Waals surface area (Å²) in [6.45, 7) is 4.08. The van der Waals surface area contributed by atoms with E-state index < -0.39 is 6.10 Å². The molecule has 0 radical (unpaired) electrons. The van der Waals surface area contributed by atoms with Crippen molar-refractivity contribution in [3.63, 3.8) is 0 Å². The van der Waals surface area contributed by atoms with Gasteiger partial charge in [0, 0.05) is 10.9 Å². The van der Waals surface area contributed by atoms with Crippen molar-refractivity contribution in [2.75, 3.05) is 0 Å². The summed E-state index contributed by atoms with van der Waals surface area (Å²) >= 11 is 12.4. The highest BCUT2D eigenvalue weighted by Gasteiger charge is 2.61. The number of esters is 1. The van der Waals surface area contributed by atoms with Crippen LogP contribution in [0.15, 0.2) is 64.1 Å². The maximum atomic E-state index is 12.8. The number of carbonyl (C=O) groups is 1. The molecule has 3 nitrogen and oxygen atoms in total. The molecule has 0 heterocycles. The molecule has 29 heavy (non-hydrogen) atoms. The van der Waals surface area contributed by atoms with Crippen LogP contribution >= 0.6 is 43.5 Å². The molecule has 0 aliphatic heterocycles. The Morgan fingerprint density at radius 3 is 2.48 bits per heavy atom. The lowest BCUT2D eigenvalue weighted by atomic mass is 10.1. The van der Waals surface area contributed by atoms with Gasteiger partial charge in [0.25, 0.3) is 0 Å². The van der Waals surface area contributed by atoms with Crippen molar-refractivity contribution < 1.29 is 14.3 Å². The number of para-hydroxylation sites is 1. The predicted octanol–water partition coefficient (Wildman–Crippen LogP) is 7.17. The molecule has 0 bridgehead atoms. The van der Waals surface area contributed by atoms with Crippen molar-refractivity contribution in [1.82, 2.24) is 0 Å². The van der Waals surface area contributed by atoms with E-state index in [0.717, 1.165) is 9.14 Å². The van der Waals surface area contributed by atoms with Crippen LogP contribution < -0.4 is 4.74 Å². The molecule has 1 fully saturated rings. The monoisotopic (exact) mass is 536 g/mol. The largest absolute Gasteiger partial charge is 0.457 e. The molecule has 0 amide bonds. The predicted molar refractivity (Wildman–Crippen MR) is 122 cm³/mol. The van der Waals surface area contributed by atoms with Crippen molar-refractivity contribution in [2.45, 2.75) is 20.0 Å². The number of ether oxygens (including phenoxy) is 2. The lowest BCUT2D eigenvalue weighted by molar-refractivity contribution is -0.149. The first-order chi connectivity index (χ1) is 13.8. The quantitative estimate of drug-likeness (QED) is 0.289. The van der Waals surface area contributed by atoms with Gasteiger partial charge in [0.15, 0.2) is 6.10 Å². The van der Waals surface area contributed by atoms with E-state index >= 15 is 0 Å². The number of rotatable bonds is 6. The zero-order valence-corrected chi connectivity index (χ0v) is 19.8. The summed E-state index contributed by atoms with van der Waals surface area (Å²) in [5, 5.41) is 2.34. The van der Waals surface area contributed by atoms with Gasteiger partial charge in [-0.15, -0.1) is 0 Å². The van der Waals surface area contributed by atoms with E-state index in [1.807, 2.05) is 68.5 Å². The SMILES string of the molecule is CC1(C)[C@H](C(=O)O[C@H](C#CCl)c2cccc(Oc3ccccc3)c2)[C@@H]1C=C(Br)Br. The molecule has 0 aromatic heterocycles. The van der Waals surface area contributed by atoms with E-state index in [1.165, 1.54) is 0 Å². The second-order valence-corrected chi connectivity index (χ2v) is 10.3. The molecular formula is C23H19Br2ClO3. The third kappa shape index (κ3) is 5.45. The van der Waals surface area contributed by atoms with E-state index in [4.69, 9.17) is 21.1 Å². The minimum absolute atomic E-state index is 0.0844. The molecule has 0 saturated heterocycles. The van der Waals surface area contributed by atoms with E-state index in [1.54, 1.807) is 6.07 Å². The number of allylic oxidation sites excluding steroid dienone is 1. The smallest absolute Gasteiger partial charge is 0.311 e. The number of halogens is 3. The van der Waals surface area contributed by atoms with Crippen molar-refractivity contribution in [2.24, 2.45) is 17.3 Å². The van der Waals surface area contributed by atoms with Crippen LogP contribution in [0.3, 0.4) is 0 Å². The highest BCUT2D eigenvalue weighted by Crippen LogP contribution is 2.60. The van der Waals surface area contributed by atoms with E-state index in [-0.39, 0.29) is 23.2 Å². The third-order valence-corrected chi connectivity index (χ3v) is 5.67. The van der Waals surface area contributed by atoms with Crippen LogP contribution in [0.25, 0.3) is 0 Å². The Kier molecular flexibility index (Phi) is 7.10. The van der Waals surface area contributed by atoms with Gasteiger partial charge in [-0.05, 0) is 85.0 Å². The molecule has 3 atom stereocenters. The number of hydrogen-bond donors (Lipinski definition) is 0. The molecule has 1 aliphatic rings. The molecule has 0 N–H and O–H groups in total. The van der Waals surface area contributed by atoms with Crippen LogP contribution in [0.5, 0.6) is 11.5 Å². The molecule has 0 unspecified atom stereocenters. The second kappa shape index (κ2) is 9.38. The second-order valence-electron chi connectivity index (χ2n) is 7.32. The maximum absolute atomic E-state index is 12.8. The summed E-state index contributed by atoms with van der Waals surface area (Å²) in [5.74, 6) is 3.66. The zero-order valence-electron chi connectivity index (χ0n) is 15.9. The average molecular weight is 539 g/mol. The fourth-order valence-electron chi connectivity index (χ4n) is 3.36. The molecule has 2 aromatic carbocycles. The summed E-state index contributed by atoms with van der Waals surface area (Å²) in [7, 11) is 0. The minimum Gasteiger partial charge on any atom is -0.457 e. The van der Waals surface area contributed by atoms with Gasteiger partial charge in [-0.2, -0.15) is 0 Å². The average Bonchev–Trinajstić information content (AvgIpc) is 3.21. The Morgan fingerprint density at radius 1 is 1.14 bits per heavy atom. The van der Waals surface area contributed by atoms with Crippen LogP contribution in [0.2, 0.25) is 0 Å². The summed E-state index contributed by atoms with van der Waals surface area (Å²) in [6.07, 6.45) is 1.20. The Balaban J connectivity index is 1.76. The molecule has 1 saturated carbocycles. The summed E-state index contributed by atoms with van der Waals surface area (Å²) in [6, 6.07) is 16.8. The minimum atomic E-state index is -0.771. The van der Waals surface area contributed by atoms with Crippen molar-refractivity contribution in [1.29, 1.82) is 0 Å².